The van der Waals surface area contributed by atoms with Crippen LogP contribution in [0.25, 0.3) is 0 Å². The zero-order chi connectivity index (χ0) is 14.8. The number of hydrogen-bond donors (Lipinski definition) is 2. The van der Waals surface area contributed by atoms with Crippen LogP contribution in [0.2, 0.25) is 0 Å². The van der Waals surface area contributed by atoms with Crippen LogP contribution in [0, 0.1) is 18.2 Å². The summed E-state index contributed by atoms with van der Waals surface area (Å²) >= 11 is 5.05. The highest BCUT2D eigenvalue weighted by molar-refractivity contribution is 7.80. The van der Waals surface area contributed by atoms with Gasteiger partial charge in [-0.3, -0.25) is 4.79 Å². The second kappa shape index (κ2) is 5.85. The van der Waals surface area contributed by atoms with Gasteiger partial charge in [-0.15, -0.1) is 0 Å². The lowest BCUT2D eigenvalue weighted by Gasteiger charge is -2.34. The van der Waals surface area contributed by atoms with E-state index in [9.17, 15) is 9.18 Å². The molecule has 4 nitrogen and oxygen atoms in total. The van der Waals surface area contributed by atoms with Crippen LogP contribution in [0.4, 0.5) is 10.1 Å². The average Bonchev–Trinajstić information content (AvgIpc) is 2.43. The predicted octanol–water partition coefficient (Wildman–Crippen LogP) is 2.16. The molecule has 0 spiro atoms. The Morgan fingerprint density at radius 2 is 2.10 bits per heavy atom. The lowest BCUT2D eigenvalue weighted by molar-refractivity contribution is -0.126. The fourth-order valence-electron chi connectivity index (χ4n) is 2.28. The zero-order valence-corrected chi connectivity index (χ0v) is 12.1. The number of hydrogen-bond acceptors (Lipinski definition) is 3. The number of carbonyl (C=O) groups excluding carboxylic acids is 1. The Morgan fingerprint density at radius 3 is 2.70 bits per heavy atom. The Balaban J connectivity index is 2.25. The maximum Gasteiger partial charge on any atom is 0.237 e. The smallest absolute Gasteiger partial charge is 0.237 e. The largest absolute Gasteiger partial charge is 0.392 e. The van der Waals surface area contributed by atoms with Crippen molar-refractivity contribution in [1.29, 1.82) is 0 Å². The molecule has 1 saturated heterocycles. The summed E-state index contributed by atoms with van der Waals surface area (Å²) in [4.78, 5) is 12.6. The van der Waals surface area contributed by atoms with Crippen molar-refractivity contribution in [3.8, 4) is 0 Å². The monoisotopic (exact) mass is 296 g/mol. The highest BCUT2D eigenvalue weighted by Crippen LogP contribution is 2.33. The molecule has 6 heteroatoms. The topological polar surface area (TPSA) is 64.4 Å². The van der Waals surface area contributed by atoms with Gasteiger partial charge in [-0.1, -0.05) is 18.3 Å². The van der Waals surface area contributed by atoms with E-state index >= 15 is 0 Å². The van der Waals surface area contributed by atoms with Gasteiger partial charge in [0.1, 0.15) is 11.2 Å². The second-order valence-corrected chi connectivity index (χ2v) is 5.44. The molecule has 0 atom stereocenters. The fourth-order valence-corrected chi connectivity index (χ4v) is 2.58. The number of amides is 1. The first kappa shape index (κ1) is 14.9. The quantitative estimate of drug-likeness (QED) is 0.839. The summed E-state index contributed by atoms with van der Waals surface area (Å²) in [6, 6.07) is 4.55. The number of benzene rings is 1. The van der Waals surface area contributed by atoms with Crippen LogP contribution < -0.4 is 11.1 Å². The number of rotatable bonds is 3. The van der Waals surface area contributed by atoms with Gasteiger partial charge in [0.05, 0.1) is 10.7 Å². The van der Waals surface area contributed by atoms with E-state index in [0.717, 1.165) is 5.56 Å². The zero-order valence-electron chi connectivity index (χ0n) is 11.2. The van der Waals surface area contributed by atoms with Crippen LogP contribution in [0.3, 0.4) is 0 Å². The van der Waals surface area contributed by atoms with Crippen molar-refractivity contribution < 1.29 is 13.9 Å². The van der Waals surface area contributed by atoms with Gasteiger partial charge in [-0.25, -0.2) is 4.39 Å². The van der Waals surface area contributed by atoms with Crippen LogP contribution in [0.15, 0.2) is 18.2 Å². The van der Waals surface area contributed by atoms with Crippen LogP contribution in [0.1, 0.15) is 18.4 Å². The molecule has 2 rings (SSSR count). The minimum Gasteiger partial charge on any atom is -0.392 e. The first-order chi connectivity index (χ1) is 9.45. The predicted molar refractivity (Wildman–Crippen MR) is 79.0 cm³/mol. The number of anilines is 1. The molecule has 1 fully saturated rings. The Bertz CT molecular complexity index is 542. The molecule has 1 amide bonds. The van der Waals surface area contributed by atoms with E-state index in [-0.39, 0.29) is 16.6 Å². The second-order valence-electron chi connectivity index (χ2n) is 5.00. The average molecular weight is 296 g/mol. The Morgan fingerprint density at radius 1 is 1.45 bits per heavy atom. The van der Waals surface area contributed by atoms with E-state index in [0.29, 0.717) is 26.1 Å². The summed E-state index contributed by atoms with van der Waals surface area (Å²) in [5.41, 5.74) is 5.80. The lowest BCUT2D eigenvalue weighted by atomic mass is 9.79. The van der Waals surface area contributed by atoms with E-state index < -0.39 is 11.2 Å². The van der Waals surface area contributed by atoms with Gasteiger partial charge in [-0.05, 0) is 37.5 Å². The van der Waals surface area contributed by atoms with Gasteiger partial charge in [0.2, 0.25) is 5.91 Å². The van der Waals surface area contributed by atoms with Crippen molar-refractivity contribution in [1.82, 2.24) is 0 Å². The lowest BCUT2D eigenvalue weighted by Crippen LogP contribution is -2.49. The summed E-state index contributed by atoms with van der Waals surface area (Å²) < 4.78 is 19.0. The van der Waals surface area contributed by atoms with E-state index in [1.807, 2.05) is 6.92 Å². The molecule has 0 bridgehead atoms. The highest BCUT2D eigenvalue weighted by atomic mass is 32.1. The van der Waals surface area contributed by atoms with Gasteiger partial charge >= 0.3 is 0 Å². The van der Waals surface area contributed by atoms with Crippen molar-refractivity contribution in [3.63, 3.8) is 0 Å². The summed E-state index contributed by atoms with van der Waals surface area (Å²) in [6.07, 6.45) is 0.837. The number of halogens is 1. The first-order valence-corrected chi connectivity index (χ1v) is 6.82. The van der Waals surface area contributed by atoms with Crippen molar-refractivity contribution in [3.05, 3.63) is 29.6 Å². The van der Waals surface area contributed by atoms with E-state index in [1.54, 1.807) is 12.1 Å². The number of nitrogens with two attached hydrogens (primary N) is 1. The number of carbonyl (C=O) groups is 1. The van der Waals surface area contributed by atoms with Crippen LogP contribution in [-0.2, 0) is 9.53 Å². The molecule has 0 saturated carbocycles. The molecule has 1 heterocycles. The van der Waals surface area contributed by atoms with Gasteiger partial charge < -0.3 is 15.8 Å². The number of thiocarbonyl (C=S) groups is 1. The number of nitrogens with one attached hydrogen (secondary N) is 1. The Kier molecular flexibility index (Phi) is 4.35. The van der Waals surface area contributed by atoms with Crippen LogP contribution >= 0.6 is 12.2 Å². The maximum absolute atomic E-state index is 13.7. The normalized spacial score (nSPS) is 17.5. The Labute approximate surface area is 122 Å². The Hall–Kier alpha value is -1.53. The van der Waals surface area contributed by atoms with Crippen molar-refractivity contribution >= 4 is 28.8 Å². The molecule has 1 aromatic carbocycles. The molecular formula is C14H17FN2O2S. The summed E-state index contributed by atoms with van der Waals surface area (Å²) in [5, 5.41) is 2.61. The fraction of sp³-hybridized carbons (Fsp3) is 0.429. The summed E-state index contributed by atoms with van der Waals surface area (Å²) in [6.45, 7) is 2.66. The SMILES string of the molecule is Cc1ccc(F)c(NC(=O)C2(C(N)=S)CCOCC2)c1. The molecule has 1 aromatic rings. The highest BCUT2D eigenvalue weighted by Gasteiger charge is 2.43. The maximum atomic E-state index is 13.7. The van der Waals surface area contributed by atoms with Crippen molar-refractivity contribution in [2.45, 2.75) is 19.8 Å². The molecule has 1 aliphatic heterocycles. The molecule has 3 N–H and O–H groups in total. The van der Waals surface area contributed by atoms with Gasteiger partial charge in [0.25, 0.3) is 0 Å². The third-order valence-electron chi connectivity index (χ3n) is 3.62. The minimum atomic E-state index is -0.955. The molecule has 0 aliphatic carbocycles. The van der Waals surface area contributed by atoms with Crippen LogP contribution in [0.5, 0.6) is 0 Å². The molecule has 0 unspecified atom stereocenters. The third kappa shape index (κ3) is 2.81. The first-order valence-electron chi connectivity index (χ1n) is 6.41. The van der Waals surface area contributed by atoms with Crippen molar-refractivity contribution in [2.75, 3.05) is 18.5 Å². The molecule has 0 aromatic heterocycles. The number of aryl methyl sites for hydroxylation is 1. The summed E-state index contributed by atoms with van der Waals surface area (Å²) in [5.74, 6) is -0.841. The van der Waals surface area contributed by atoms with Crippen LogP contribution in [-0.4, -0.2) is 24.1 Å². The van der Waals surface area contributed by atoms with Crippen molar-refractivity contribution in [2.24, 2.45) is 11.1 Å². The molecule has 20 heavy (non-hydrogen) atoms. The molecular weight excluding hydrogens is 279 g/mol. The third-order valence-corrected chi connectivity index (χ3v) is 4.01. The van der Waals surface area contributed by atoms with E-state index in [2.05, 4.69) is 5.32 Å². The number of ether oxygens (including phenoxy) is 1. The minimum absolute atomic E-state index is 0.131. The molecule has 0 radical (unpaired) electrons. The molecule has 1 aliphatic rings. The van der Waals surface area contributed by atoms with Gasteiger partial charge in [0.15, 0.2) is 0 Å². The standard InChI is InChI=1S/C14H17FN2O2S/c1-9-2-3-10(15)11(8-9)17-13(18)14(12(16)20)4-6-19-7-5-14/h2-3,8H,4-7H2,1H3,(H2,16,20)(H,17,18). The summed E-state index contributed by atoms with van der Waals surface area (Å²) in [7, 11) is 0. The van der Waals surface area contributed by atoms with Gasteiger partial charge in [0, 0.05) is 13.2 Å². The molecule has 108 valence electrons. The van der Waals surface area contributed by atoms with E-state index in [4.69, 9.17) is 22.7 Å². The van der Waals surface area contributed by atoms with E-state index in [1.165, 1.54) is 6.07 Å². The van der Waals surface area contributed by atoms with Gasteiger partial charge in [-0.2, -0.15) is 0 Å².